The molecule has 1 heterocycles. The standard InChI is InChI=1S/C17H18FNO/c1-12(16-7-6-15(20)10-17(16)18)19-9-8-13-4-2-3-5-14(13)11-19/h2-7,10,12,20H,8-9,11H2,1H3. The summed E-state index contributed by atoms with van der Waals surface area (Å²) >= 11 is 0. The summed E-state index contributed by atoms with van der Waals surface area (Å²) in [5.41, 5.74) is 3.36. The highest BCUT2D eigenvalue weighted by Crippen LogP contribution is 2.30. The van der Waals surface area contributed by atoms with Crippen molar-refractivity contribution in [2.75, 3.05) is 6.54 Å². The second-order valence-electron chi connectivity index (χ2n) is 5.37. The Hall–Kier alpha value is -1.87. The van der Waals surface area contributed by atoms with Crippen molar-refractivity contribution in [3.8, 4) is 5.75 Å². The van der Waals surface area contributed by atoms with Crippen molar-refractivity contribution in [2.24, 2.45) is 0 Å². The number of halogens is 1. The predicted molar refractivity (Wildman–Crippen MR) is 77.0 cm³/mol. The van der Waals surface area contributed by atoms with E-state index in [-0.39, 0.29) is 17.6 Å². The number of benzene rings is 2. The van der Waals surface area contributed by atoms with E-state index in [1.54, 1.807) is 12.1 Å². The highest BCUT2D eigenvalue weighted by atomic mass is 19.1. The van der Waals surface area contributed by atoms with E-state index >= 15 is 0 Å². The van der Waals surface area contributed by atoms with Crippen molar-refractivity contribution >= 4 is 0 Å². The Morgan fingerprint density at radius 2 is 1.90 bits per heavy atom. The van der Waals surface area contributed by atoms with Gasteiger partial charge in [0, 0.05) is 30.8 Å². The molecule has 2 aromatic rings. The van der Waals surface area contributed by atoms with Crippen LogP contribution in [0.15, 0.2) is 42.5 Å². The first-order valence-electron chi connectivity index (χ1n) is 6.94. The van der Waals surface area contributed by atoms with Gasteiger partial charge < -0.3 is 5.11 Å². The number of rotatable bonds is 2. The normalized spacial score (nSPS) is 16.7. The van der Waals surface area contributed by atoms with E-state index in [4.69, 9.17) is 0 Å². The number of nitrogens with zero attached hydrogens (tertiary/aromatic N) is 1. The van der Waals surface area contributed by atoms with Crippen LogP contribution < -0.4 is 0 Å². The molecule has 0 radical (unpaired) electrons. The summed E-state index contributed by atoms with van der Waals surface area (Å²) in [5.74, 6) is -0.362. The molecular weight excluding hydrogens is 253 g/mol. The summed E-state index contributed by atoms with van der Waals surface area (Å²) in [6.45, 7) is 3.79. The Bertz CT molecular complexity index is 626. The van der Waals surface area contributed by atoms with Gasteiger partial charge in [-0.2, -0.15) is 0 Å². The van der Waals surface area contributed by atoms with Gasteiger partial charge in [0.05, 0.1) is 0 Å². The number of phenolic OH excluding ortho intramolecular Hbond substituents is 1. The first kappa shape index (κ1) is 13.1. The van der Waals surface area contributed by atoms with Gasteiger partial charge in [-0.3, -0.25) is 4.90 Å². The lowest BCUT2D eigenvalue weighted by atomic mass is 9.97. The molecule has 3 heteroatoms. The lowest BCUT2D eigenvalue weighted by Crippen LogP contribution is -2.33. The van der Waals surface area contributed by atoms with Crippen molar-refractivity contribution in [3.63, 3.8) is 0 Å². The van der Waals surface area contributed by atoms with Crippen molar-refractivity contribution in [3.05, 3.63) is 65.0 Å². The SMILES string of the molecule is CC(c1ccc(O)cc1F)N1CCc2ccccc2C1. The van der Waals surface area contributed by atoms with Crippen LogP contribution >= 0.6 is 0 Å². The fourth-order valence-electron chi connectivity index (χ4n) is 2.90. The lowest BCUT2D eigenvalue weighted by molar-refractivity contribution is 0.188. The third-order valence-corrected chi connectivity index (χ3v) is 4.14. The predicted octanol–water partition coefficient (Wildman–Crippen LogP) is 3.65. The minimum absolute atomic E-state index is 0.00366. The van der Waals surface area contributed by atoms with E-state index in [9.17, 15) is 9.50 Å². The van der Waals surface area contributed by atoms with Gasteiger partial charge in [-0.25, -0.2) is 4.39 Å². The molecule has 0 amide bonds. The van der Waals surface area contributed by atoms with Crippen molar-refractivity contribution < 1.29 is 9.50 Å². The number of hydrogen-bond donors (Lipinski definition) is 1. The topological polar surface area (TPSA) is 23.5 Å². The van der Waals surface area contributed by atoms with Gasteiger partial charge >= 0.3 is 0 Å². The Morgan fingerprint density at radius 1 is 1.15 bits per heavy atom. The number of fused-ring (bicyclic) bond motifs is 1. The zero-order chi connectivity index (χ0) is 14.1. The molecule has 0 saturated carbocycles. The van der Waals surface area contributed by atoms with Crippen molar-refractivity contribution in [1.29, 1.82) is 0 Å². The maximum absolute atomic E-state index is 14.0. The van der Waals surface area contributed by atoms with Gasteiger partial charge in [0.2, 0.25) is 0 Å². The van der Waals surface area contributed by atoms with Crippen LogP contribution in [0.2, 0.25) is 0 Å². The highest BCUT2D eigenvalue weighted by Gasteiger charge is 2.23. The molecule has 20 heavy (non-hydrogen) atoms. The summed E-state index contributed by atoms with van der Waals surface area (Å²) in [6, 6.07) is 12.8. The molecule has 0 spiro atoms. The molecule has 1 aliphatic heterocycles. The first-order valence-corrected chi connectivity index (χ1v) is 6.94. The summed E-state index contributed by atoms with van der Waals surface area (Å²) < 4.78 is 14.0. The lowest BCUT2D eigenvalue weighted by Gasteiger charge is -2.34. The Kier molecular flexibility index (Phi) is 3.45. The van der Waals surface area contributed by atoms with Gasteiger partial charge in [-0.1, -0.05) is 30.3 Å². The van der Waals surface area contributed by atoms with E-state index in [0.717, 1.165) is 19.5 Å². The largest absolute Gasteiger partial charge is 0.508 e. The van der Waals surface area contributed by atoms with E-state index in [0.29, 0.717) is 5.56 Å². The summed E-state index contributed by atoms with van der Waals surface area (Å²) in [7, 11) is 0. The van der Waals surface area contributed by atoms with Crippen LogP contribution in [0.25, 0.3) is 0 Å². The second kappa shape index (κ2) is 5.25. The van der Waals surface area contributed by atoms with E-state index in [1.165, 1.54) is 17.2 Å². The maximum Gasteiger partial charge on any atom is 0.131 e. The highest BCUT2D eigenvalue weighted by molar-refractivity contribution is 5.32. The zero-order valence-electron chi connectivity index (χ0n) is 11.5. The summed E-state index contributed by atoms with van der Waals surface area (Å²) in [6.07, 6.45) is 1.00. The molecular formula is C17H18FNO. The smallest absolute Gasteiger partial charge is 0.131 e. The van der Waals surface area contributed by atoms with E-state index < -0.39 is 0 Å². The van der Waals surface area contributed by atoms with Crippen molar-refractivity contribution in [2.45, 2.75) is 25.9 Å². The molecule has 1 atom stereocenters. The van der Waals surface area contributed by atoms with Gasteiger partial charge in [-0.05, 0) is 30.5 Å². The molecule has 3 rings (SSSR count). The van der Waals surface area contributed by atoms with Crippen LogP contribution in [0.1, 0.15) is 29.7 Å². The summed E-state index contributed by atoms with van der Waals surface area (Å²) in [4.78, 5) is 2.28. The second-order valence-corrected chi connectivity index (χ2v) is 5.37. The Balaban J connectivity index is 1.84. The Labute approximate surface area is 118 Å². The van der Waals surface area contributed by atoms with Crippen LogP contribution in [0, 0.1) is 5.82 Å². The van der Waals surface area contributed by atoms with Crippen molar-refractivity contribution in [1.82, 2.24) is 4.90 Å². The van der Waals surface area contributed by atoms with Crippen LogP contribution in [0.3, 0.4) is 0 Å². The van der Waals surface area contributed by atoms with E-state index in [2.05, 4.69) is 23.1 Å². The summed E-state index contributed by atoms with van der Waals surface area (Å²) in [5, 5.41) is 9.31. The molecule has 2 nitrogen and oxygen atoms in total. The van der Waals surface area contributed by atoms with E-state index in [1.807, 2.05) is 13.0 Å². The molecule has 0 aliphatic carbocycles. The van der Waals surface area contributed by atoms with Gasteiger partial charge in [0.1, 0.15) is 11.6 Å². The Morgan fingerprint density at radius 3 is 2.65 bits per heavy atom. The van der Waals surface area contributed by atoms with Crippen LogP contribution in [-0.2, 0) is 13.0 Å². The third kappa shape index (κ3) is 2.41. The molecule has 2 aromatic carbocycles. The minimum Gasteiger partial charge on any atom is -0.508 e. The molecule has 0 aromatic heterocycles. The average Bonchev–Trinajstić information content (AvgIpc) is 2.46. The molecule has 1 N–H and O–H groups in total. The fourth-order valence-corrected chi connectivity index (χ4v) is 2.90. The molecule has 0 bridgehead atoms. The average molecular weight is 271 g/mol. The molecule has 1 aliphatic rings. The monoisotopic (exact) mass is 271 g/mol. The van der Waals surface area contributed by atoms with Gasteiger partial charge in [0.15, 0.2) is 0 Å². The zero-order valence-corrected chi connectivity index (χ0v) is 11.5. The number of phenols is 1. The van der Waals surface area contributed by atoms with Crippen LogP contribution in [-0.4, -0.2) is 16.6 Å². The third-order valence-electron chi connectivity index (χ3n) is 4.14. The number of hydrogen-bond acceptors (Lipinski definition) is 2. The van der Waals surface area contributed by atoms with Gasteiger partial charge in [-0.15, -0.1) is 0 Å². The molecule has 104 valence electrons. The first-order chi connectivity index (χ1) is 9.65. The fraction of sp³-hybridized carbons (Fsp3) is 0.294. The quantitative estimate of drug-likeness (QED) is 0.901. The minimum atomic E-state index is -0.337. The van der Waals surface area contributed by atoms with Crippen LogP contribution in [0.4, 0.5) is 4.39 Å². The maximum atomic E-state index is 14.0. The van der Waals surface area contributed by atoms with Gasteiger partial charge in [0.25, 0.3) is 0 Å². The number of aromatic hydroxyl groups is 1. The van der Waals surface area contributed by atoms with Crippen LogP contribution in [0.5, 0.6) is 5.75 Å². The molecule has 0 fully saturated rings. The molecule has 0 saturated heterocycles. The molecule has 1 unspecified atom stereocenters.